The fraction of sp³-hybridized carbons (Fsp3) is 0.0625. The first-order chi connectivity index (χ1) is 9.28. The molecule has 0 unspecified atom stereocenters. The van der Waals surface area contributed by atoms with Crippen molar-refractivity contribution in [2.45, 2.75) is 6.61 Å². The Labute approximate surface area is 121 Å². The molecule has 0 aliphatic heterocycles. The normalized spacial score (nSPS) is 10.6. The monoisotopic (exact) mass is 314 g/mol. The Bertz CT molecular complexity index is 593. The van der Waals surface area contributed by atoms with Gasteiger partial charge in [0.1, 0.15) is 12.8 Å². The van der Waals surface area contributed by atoms with Crippen LogP contribution in [0.4, 0.5) is 0 Å². The Morgan fingerprint density at radius 2 is 2.05 bits per heavy atom. The number of benzene rings is 2. The van der Waals surface area contributed by atoms with Gasteiger partial charge in [-0.2, -0.15) is 0 Å². The Morgan fingerprint density at radius 1 is 1.21 bits per heavy atom. The summed E-state index contributed by atoms with van der Waals surface area (Å²) in [5, 5.41) is 3.84. The van der Waals surface area contributed by atoms with Gasteiger partial charge in [0, 0.05) is 10.0 Å². The second kappa shape index (κ2) is 6.90. The maximum atomic E-state index is 5.23. The van der Waals surface area contributed by atoms with Crippen LogP contribution in [0.3, 0.4) is 0 Å². The molecule has 0 heterocycles. The number of halogens is 1. The van der Waals surface area contributed by atoms with Crippen molar-refractivity contribution in [2.75, 3.05) is 0 Å². The van der Waals surface area contributed by atoms with E-state index < -0.39 is 0 Å². The number of hydrogen-bond donors (Lipinski definition) is 0. The molecule has 0 aromatic heterocycles. The molecule has 0 amide bonds. The highest BCUT2D eigenvalue weighted by Gasteiger charge is 1.94. The van der Waals surface area contributed by atoms with Crippen molar-refractivity contribution in [1.82, 2.24) is 0 Å². The third kappa shape index (κ3) is 4.38. The Balaban J connectivity index is 1.91. The van der Waals surface area contributed by atoms with Crippen LogP contribution in [0, 0.1) is 0 Å². The van der Waals surface area contributed by atoms with Crippen LogP contribution in [-0.2, 0) is 11.4 Å². The number of rotatable bonds is 5. The van der Waals surface area contributed by atoms with Crippen molar-refractivity contribution in [3.8, 4) is 0 Å². The highest BCUT2D eigenvalue weighted by molar-refractivity contribution is 9.10. The fourth-order valence-corrected chi connectivity index (χ4v) is 1.96. The summed E-state index contributed by atoms with van der Waals surface area (Å²) in [6.07, 6.45) is 4.64. The summed E-state index contributed by atoms with van der Waals surface area (Å²) in [4.78, 5) is 5.23. The molecule has 0 fully saturated rings. The molecule has 3 heteroatoms. The average molecular weight is 315 g/mol. The van der Waals surface area contributed by atoms with E-state index in [4.69, 9.17) is 4.84 Å². The van der Waals surface area contributed by atoms with Crippen LogP contribution >= 0.6 is 15.9 Å². The van der Waals surface area contributed by atoms with Gasteiger partial charge in [-0.05, 0) is 29.3 Å². The predicted octanol–water partition coefficient (Wildman–Crippen LogP) is 4.52. The lowest BCUT2D eigenvalue weighted by Crippen LogP contribution is -1.89. The molecule has 0 bridgehead atoms. The summed E-state index contributed by atoms with van der Waals surface area (Å²) in [6.45, 7) is 4.15. The van der Waals surface area contributed by atoms with Crippen LogP contribution < -0.4 is 0 Å². The van der Waals surface area contributed by atoms with Crippen LogP contribution in [0.25, 0.3) is 6.08 Å². The first-order valence-electron chi connectivity index (χ1n) is 5.83. The largest absolute Gasteiger partial charge is 0.390 e. The number of nitrogens with zero attached hydrogens (tertiary/aromatic N) is 1. The quantitative estimate of drug-likeness (QED) is 0.587. The zero-order valence-electron chi connectivity index (χ0n) is 10.3. The van der Waals surface area contributed by atoms with E-state index >= 15 is 0 Å². The predicted molar refractivity (Wildman–Crippen MR) is 82.0 cm³/mol. The van der Waals surface area contributed by atoms with Crippen LogP contribution in [0.5, 0.6) is 0 Å². The minimum atomic E-state index is 0.419. The van der Waals surface area contributed by atoms with Gasteiger partial charge in [-0.25, -0.2) is 0 Å². The molecule has 1 radical (unpaired) electrons. The summed E-state index contributed by atoms with van der Waals surface area (Å²) >= 11 is 3.39. The van der Waals surface area contributed by atoms with Crippen LogP contribution in [-0.4, -0.2) is 6.21 Å². The second-order valence-corrected chi connectivity index (χ2v) is 4.85. The summed E-state index contributed by atoms with van der Waals surface area (Å²) in [6, 6.07) is 15.7. The van der Waals surface area contributed by atoms with Gasteiger partial charge >= 0.3 is 0 Å². The molecule has 2 aromatic rings. The minimum Gasteiger partial charge on any atom is -0.390 e. The van der Waals surface area contributed by atoms with E-state index in [1.54, 1.807) is 6.08 Å². The topological polar surface area (TPSA) is 21.6 Å². The van der Waals surface area contributed by atoms with Crippen molar-refractivity contribution in [3.63, 3.8) is 0 Å². The molecular formula is C16H13BrNO. The van der Waals surface area contributed by atoms with Gasteiger partial charge in [-0.1, -0.05) is 64.1 Å². The van der Waals surface area contributed by atoms with Gasteiger partial charge in [0.05, 0.1) is 0 Å². The van der Waals surface area contributed by atoms with E-state index in [0.29, 0.717) is 6.61 Å². The van der Waals surface area contributed by atoms with Crippen LogP contribution in [0.15, 0.2) is 64.7 Å². The maximum Gasteiger partial charge on any atom is 0.142 e. The number of hydrogen-bond acceptors (Lipinski definition) is 2. The molecule has 2 rings (SSSR count). The molecule has 19 heavy (non-hydrogen) atoms. The molecule has 0 saturated heterocycles. The molecular weight excluding hydrogens is 302 g/mol. The van der Waals surface area contributed by atoms with Crippen molar-refractivity contribution >= 4 is 28.2 Å². The second-order valence-electron chi connectivity index (χ2n) is 3.94. The van der Waals surface area contributed by atoms with E-state index in [1.807, 2.05) is 48.5 Å². The van der Waals surface area contributed by atoms with Gasteiger partial charge in [-0.3, -0.25) is 0 Å². The zero-order valence-corrected chi connectivity index (χ0v) is 11.9. The highest BCUT2D eigenvalue weighted by Crippen LogP contribution is 2.10. The summed E-state index contributed by atoms with van der Waals surface area (Å²) in [7, 11) is 0. The fourth-order valence-electron chi connectivity index (χ4n) is 1.56. The molecule has 0 aliphatic carbocycles. The SMILES string of the molecule is C=Cc1cccc(CO/N=[C]\c2cccc(Br)c2)c1. The third-order valence-corrected chi connectivity index (χ3v) is 2.98. The van der Waals surface area contributed by atoms with E-state index in [-0.39, 0.29) is 0 Å². The summed E-state index contributed by atoms with van der Waals surface area (Å²) in [5.41, 5.74) is 2.99. The lowest BCUT2D eigenvalue weighted by Gasteiger charge is -2.01. The average Bonchev–Trinajstić information content (AvgIpc) is 2.44. The van der Waals surface area contributed by atoms with E-state index in [1.165, 1.54) is 0 Å². The Morgan fingerprint density at radius 3 is 2.84 bits per heavy atom. The van der Waals surface area contributed by atoms with Gasteiger partial charge in [0.25, 0.3) is 0 Å². The van der Waals surface area contributed by atoms with Crippen molar-refractivity contribution in [2.24, 2.45) is 5.16 Å². The van der Waals surface area contributed by atoms with E-state index in [2.05, 4.69) is 33.9 Å². The third-order valence-electron chi connectivity index (χ3n) is 2.48. The van der Waals surface area contributed by atoms with Gasteiger partial charge < -0.3 is 4.84 Å². The van der Waals surface area contributed by atoms with Gasteiger partial charge in [0.2, 0.25) is 0 Å². The van der Waals surface area contributed by atoms with Crippen molar-refractivity contribution in [3.05, 3.63) is 76.3 Å². The molecule has 2 nitrogen and oxygen atoms in total. The molecule has 0 atom stereocenters. The Hall–Kier alpha value is -1.87. The summed E-state index contributed by atoms with van der Waals surface area (Å²) in [5.74, 6) is 0. The van der Waals surface area contributed by atoms with Gasteiger partial charge in [-0.15, -0.1) is 0 Å². The molecule has 2 aromatic carbocycles. The standard InChI is InChI=1S/C16H13BrNO/c1-2-13-5-3-7-15(9-13)12-19-18-11-14-6-4-8-16(17)10-14/h2-10H,1,12H2. The van der Waals surface area contributed by atoms with Crippen LogP contribution in [0.2, 0.25) is 0 Å². The van der Waals surface area contributed by atoms with E-state index in [0.717, 1.165) is 21.2 Å². The first-order valence-corrected chi connectivity index (χ1v) is 6.62. The van der Waals surface area contributed by atoms with Gasteiger partial charge in [0.15, 0.2) is 0 Å². The summed E-state index contributed by atoms with van der Waals surface area (Å²) < 4.78 is 0.992. The van der Waals surface area contributed by atoms with Crippen molar-refractivity contribution in [1.29, 1.82) is 0 Å². The van der Waals surface area contributed by atoms with E-state index in [9.17, 15) is 0 Å². The Kier molecular flexibility index (Phi) is 4.93. The highest BCUT2D eigenvalue weighted by atomic mass is 79.9. The minimum absolute atomic E-state index is 0.419. The lowest BCUT2D eigenvalue weighted by molar-refractivity contribution is 0.132. The molecule has 0 N–H and O–H groups in total. The lowest BCUT2D eigenvalue weighted by atomic mass is 10.1. The van der Waals surface area contributed by atoms with Crippen LogP contribution in [0.1, 0.15) is 16.7 Å². The molecule has 0 aliphatic rings. The maximum absolute atomic E-state index is 5.23. The first kappa shape index (κ1) is 13.6. The zero-order chi connectivity index (χ0) is 13.5. The molecule has 95 valence electrons. The molecule has 0 saturated carbocycles. The molecule has 0 spiro atoms. The van der Waals surface area contributed by atoms with Crippen molar-refractivity contribution < 1.29 is 4.84 Å². The smallest absolute Gasteiger partial charge is 0.142 e.